The van der Waals surface area contributed by atoms with Crippen molar-refractivity contribution in [2.45, 2.75) is 33.2 Å². The lowest BCUT2D eigenvalue weighted by Crippen LogP contribution is -2.20. The molecule has 1 N–H and O–H groups in total. The Morgan fingerprint density at radius 3 is 2.45 bits per heavy atom. The van der Waals surface area contributed by atoms with E-state index >= 15 is 0 Å². The highest BCUT2D eigenvalue weighted by Gasteiger charge is 2.10. The molecule has 4 nitrogen and oxygen atoms in total. The summed E-state index contributed by atoms with van der Waals surface area (Å²) in [5, 5.41) is 7.12. The van der Waals surface area contributed by atoms with Gasteiger partial charge in [-0.05, 0) is 39.9 Å². The monoisotopic (exact) mass is 335 g/mol. The molecule has 0 aliphatic heterocycles. The Hall–Kier alpha value is -1.62. The van der Waals surface area contributed by atoms with Gasteiger partial charge in [-0.2, -0.15) is 5.10 Å². The number of hydrogen-bond donors (Lipinski definition) is 1. The fourth-order valence-corrected chi connectivity index (χ4v) is 2.48. The molecule has 1 heterocycles. The first-order valence-corrected chi connectivity index (χ1v) is 7.51. The van der Waals surface area contributed by atoms with Gasteiger partial charge in [-0.1, -0.05) is 32.0 Å². The van der Waals surface area contributed by atoms with Gasteiger partial charge in [0.05, 0.1) is 10.7 Å². The van der Waals surface area contributed by atoms with Crippen molar-refractivity contribution in [2.75, 3.05) is 5.32 Å². The minimum Gasteiger partial charge on any atom is -0.324 e. The third kappa shape index (κ3) is 3.48. The van der Waals surface area contributed by atoms with Gasteiger partial charge in [0.2, 0.25) is 5.91 Å². The van der Waals surface area contributed by atoms with E-state index in [2.05, 4.69) is 52.3 Å². The van der Waals surface area contributed by atoms with Crippen LogP contribution in [0.5, 0.6) is 0 Å². The largest absolute Gasteiger partial charge is 0.324 e. The van der Waals surface area contributed by atoms with Crippen molar-refractivity contribution in [2.24, 2.45) is 0 Å². The van der Waals surface area contributed by atoms with Gasteiger partial charge in [0.25, 0.3) is 0 Å². The smallest absolute Gasteiger partial charge is 0.246 e. The van der Waals surface area contributed by atoms with E-state index in [1.807, 2.05) is 6.07 Å². The van der Waals surface area contributed by atoms with Crippen LogP contribution in [-0.2, 0) is 24.2 Å². The van der Waals surface area contributed by atoms with Gasteiger partial charge in [-0.3, -0.25) is 9.48 Å². The molecule has 5 heteroatoms. The zero-order valence-electron chi connectivity index (χ0n) is 11.7. The van der Waals surface area contributed by atoms with Gasteiger partial charge >= 0.3 is 0 Å². The Kier molecular flexibility index (Phi) is 4.95. The van der Waals surface area contributed by atoms with E-state index in [1.54, 1.807) is 17.1 Å². The van der Waals surface area contributed by atoms with Gasteiger partial charge < -0.3 is 5.32 Å². The van der Waals surface area contributed by atoms with Crippen LogP contribution in [0.2, 0.25) is 0 Å². The molecule has 0 saturated carbocycles. The van der Waals surface area contributed by atoms with Crippen LogP contribution in [0.1, 0.15) is 25.0 Å². The molecule has 2 rings (SSSR count). The predicted octanol–water partition coefficient (Wildman–Crippen LogP) is 3.41. The Balaban J connectivity index is 2.14. The van der Waals surface area contributed by atoms with Crippen LogP contribution in [0.3, 0.4) is 0 Å². The van der Waals surface area contributed by atoms with E-state index in [9.17, 15) is 4.79 Å². The molecular formula is C15H18BrN3O. The molecule has 1 amide bonds. The number of rotatable bonds is 5. The summed E-state index contributed by atoms with van der Waals surface area (Å²) in [5.41, 5.74) is 3.28. The number of carbonyl (C=O) groups excluding carboxylic acids is 1. The third-order valence-electron chi connectivity index (χ3n) is 3.17. The summed E-state index contributed by atoms with van der Waals surface area (Å²) in [5.74, 6) is -0.0591. The van der Waals surface area contributed by atoms with Crippen LogP contribution in [0.4, 0.5) is 5.69 Å². The molecule has 1 aromatic heterocycles. The Morgan fingerprint density at radius 1 is 1.30 bits per heavy atom. The second kappa shape index (κ2) is 6.70. The zero-order valence-corrected chi connectivity index (χ0v) is 13.3. The normalized spacial score (nSPS) is 10.6. The molecule has 0 aliphatic rings. The van der Waals surface area contributed by atoms with E-state index in [1.165, 1.54) is 11.1 Å². The molecule has 0 fully saturated rings. The average Bonchev–Trinajstić information content (AvgIpc) is 2.84. The van der Waals surface area contributed by atoms with E-state index in [-0.39, 0.29) is 12.5 Å². The van der Waals surface area contributed by atoms with Crippen molar-refractivity contribution in [3.05, 3.63) is 46.2 Å². The van der Waals surface area contributed by atoms with Crippen LogP contribution in [0, 0.1) is 0 Å². The quantitative estimate of drug-likeness (QED) is 0.910. The minimum atomic E-state index is -0.0591. The van der Waals surface area contributed by atoms with Crippen LogP contribution in [-0.4, -0.2) is 15.7 Å². The number of para-hydroxylation sites is 1. The number of carbonyl (C=O) groups is 1. The summed E-state index contributed by atoms with van der Waals surface area (Å²) < 4.78 is 2.48. The topological polar surface area (TPSA) is 46.9 Å². The Morgan fingerprint density at radius 2 is 1.95 bits per heavy atom. The van der Waals surface area contributed by atoms with Gasteiger partial charge in [0.1, 0.15) is 6.54 Å². The van der Waals surface area contributed by atoms with Crippen molar-refractivity contribution in [3.8, 4) is 0 Å². The molecule has 2 aromatic rings. The molecule has 0 radical (unpaired) electrons. The number of nitrogens with zero attached hydrogens (tertiary/aromatic N) is 2. The lowest BCUT2D eigenvalue weighted by Gasteiger charge is -2.14. The van der Waals surface area contributed by atoms with Crippen LogP contribution in [0.15, 0.2) is 35.1 Å². The number of aromatic nitrogens is 2. The van der Waals surface area contributed by atoms with Crippen molar-refractivity contribution >= 4 is 27.5 Å². The number of amides is 1. The first kappa shape index (κ1) is 14.8. The number of halogens is 1. The number of nitrogens with one attached hydrogen (secondary N) is 1. The third-order valence-corrected chi connectivity index (χ3v) is 3.58. The second-order valence-electron chi connectivity index (χ2n) is 4.56. The first-order valence-electron chi connectivity index (χ1n) is 6.72. The summed E-state index contributed by atoms with van der Waals surface area (Å²) in [6.07, 6.45) is 5.25. The van der Waals surface area contributed by atoms with E-state index < -0.39 is 0 Å². The molecule has 0 bridgehead atoms. The predicted molar refractivity (Wildman–Crippen MR) is 83.8 cm³/mol. The van der Waals surface area contributed by atoms with Gasteiger partial charge in [-0.25, -0.2) is 0 Å². The first-order chi connectivity index (χ1) is 9.63. The molecule has 0 spiro atoms. The van der Waals surface area contributed by atoms with Crippen LogP contribution >= 0.6 is 15.9 Å². The van der Waals surface area contributed by atoms with Gasteiger partial charge in [0, 0.05) is 11.9 Å². The Labute approximate surface area is 127 Å². The SMILES string of the molecule is CCc1cccc(CC)c1NC(=O)Cn1cc(Br)cn1. The molecule has 106 valence electrons. The van der Waals surface area contributed by atoms with Crippen molar-refractivity contribution in [1.29, 1.82) is 0 Å². The number of anilines is 1. The summed E-state index contributed by atoms with van der Waals surface area (Å²) in [6.45, 7) is 4.40. The highest BCUT2D eigenvalue weighted by Crippen LogP contribution is 2.22. The maximum atomic E-state index is 12.1. The van der Waals surface area contributed by atoms with Gasteiger partial charge in [0.15, 0.2) is 0 Å². The molecule has 0 unspecified atom stereocenters. The fraction of sp³-hybridized carbons (Fsp3) is 0.333. The standard InChI is InChI=1S/C15H18BrN3O/c1-3-11-6-5-7-12(4-2)15(11)18-14(20)10-19-9-13(16)8-17-19/h5-9H,3-4,10H2,1-2H3,(H,18,20). The minimum absolute atomic E-state index is 0.0591. The maximum Gasteiger partial charge on any atom is 0.246 e. The summed E-state index contributed by atoms with van der Waals surface area (Å²) in [6, 6.07) is 6.15. The van der Waals surface area contributed by atoms with E-state index in [4.69, 9.17) is 0 Å². The second-order valence-corrected chi connectivity index (χ2v) is 5.48. The van der Waals surface area contributed by atoms with Crippen molar-refractivity contribution in [3.63, 3.8) is 0 Å². The molecular weight excluding hydrogens is 318 g/mol. The maximum absolute atomic E-state index is 12.1. The number of benzene rings is 1. The van der Waals surface area contributed by atoms with E-state index in [0.29, 0.717) is 0 Å². The van der Waals surface area contributed by atoms with E-state index in [0.717, 1.165) is 23.0 Å². The summed E-state index contributed by atoms with van der Waals surface area (Å²) >= 11 is 3.32. The fourth-order valence-electron chi connectivity index (χ4n) is 2.15. The zero-order chi connectivity index (χ0) is 14.5. The van der Waals surface area contributed by atoms with Crippen LogP contribution in [0.25, 0.3) is 0 Å². The molecule has 1 aromatic carbocycles. The molecule has 0 saturated heterocycles. The highest BCUT2D eigenvalue weighted by atomic mass is 79.9. The lowest BCUT2D eigenvalue weighted by atomic mass is 10.0. The lowest BCUT2D eigenvalue weighted by molar-refractivity contribution is -0.116. The van der Waals surface area contributed by atoms with Crippen LogP contribution < -0.4 is 5.32 Å². The molecule has 20 heavy (non-hydrogen) atoms. The molecule has 0 aliphatic carbocycles. The number of aryl methyl sites for hydroxylation is 2. The summed E-state index contributed by atoms with van der Waals surface area (Å²) in [7, 11) is 0. The highest BCUT2D eigenvalue weighted by molar-refractivity contribution is 9.10. The van der Waals surface area contributed by atoms with Gasteiger partial charge in [-0.15, -0.1) is 0 Å². The number of hydrogen-bond acceptors (Lipinski definition) is 2. The average molecular weight is 336 g/mol. The van der Waals surface area contributed by atoms with Crippen molar-refractivity contribution in [1.82, 2.24) is 9.78 Å². The summed E-state index contributed by atoms with van der Waals surface area (Å²) in [4.78, 5) is 12.1. The van der Waals surface area contributed by atoms with Crippen molar-refractivity contribution < 1.29 is 4.79 Å². The Bertz CT molecular complexity index is 585. The molecule has 0 atom stereocenters.